The second kappa shape index (κ2) is 28.7. The Morgan fingerprint density at radius 2 is 0.731 bits per heavy atom. The van der Waals surface area contributed by atoms with Crippen LogP contribution in [-0.2, 0) is 31.2 Å². The van der Waals surface area contributed by atoms with Crippen molar-refractivity contribution in [1.29, 1.82) is 0 Å². The standard InChI is InChI=1S/C31H48O3.C30H46O3/c1-10-11-12-13-14-15-19-34-29-26(30(4,5)6)21-25(22-27(29)31(7,8)9)24(3)18-16-17-23(2)20-28(32)33;1-10-11-12-13-14-18-33-28-25(29(4,5)6)20-24(21-26(28)30(7,8)9)23(3)17-15-16-22(2)19-27(31)32/h16-18,20-22H,10-15,19H2,1-9H3,(H,32,33);15-17,19-21H,10-14,18H2,1-9H3,(H,31,32)/b17-16+,23-20+,24-18+;16-15+,22-19+,23-17+. The molecule has 0 saturated heterocycles. The van der Waals surface area contributed by atoms with E-state index in [9.17, 15) is 9.59 Å². The van der Waals surface area contributed by atoms with Gasteiger partial charge in [0.15, 0.2) is 0 Å². The molecule has 2 aromatic rings. The number of rotatable bonds is 23. The molecule has 0 aromatic heterocycles. The Morgan fingerprint density at radius 3 is 0.985 bits per heavy atom. The minimum Gasteiger partial charge on any atom is -0.493 e. The van der Waals surface area contributed by atoms with E-state index in [4.69, 9.17) is 19.7 Å². The van der Waals surface area contributed by atoms with E-state index < -0.39 is 11.9 Å². The van der Waals surface area contributed by atoms with E-state index in [1.54, 1.807) is 13.8 Å². The summed E-state index contributed by atoms with van der Waals surface area (Å²) in [5, 5.41) is 17.8. The van der Waals surface area contributed by atoms with E-state index in [1.165, 1.54) is 103 Å². The van der Waals surface area contributed by atoms with Crippen molar-refractivity contribution in [3.63, 3.8) is 0 Å². The summed E-state index contributed by atoms with van der Waals surface area (Å²) < 4.78 is 13.0. The van der Waals surface area contributed by atoms with Gasteiger partial charge in [-0.25, -0.2) is 9.59 Å². The fourth-order valence-corrected chi connectivity index (χ4v) is 7.56. The normalized spacial score (nSPS) is 13.6. The van der Waals surface area contributed by atoms with Crippen LogP contribution in [0.5, 0.6) is 11.5 Å². The molecule has 0 heterocycles. The fourth-order valence-electron chi connectivity index (χ4n) is 7.56. The first-order valence-corrected chi connectivity index (χ1v) is 25.2. The van der Waals surface area contributed by atoms with Gasteiger partial charge in [0.2, 0.25) is 0 Å². The molecule has 0 aliphatic rings. The van der Waals surface area contributed by atoms with E-state index >= 15 is 0 Å². The summed E-state index contributed by atoms with van der Waals surface area (Å²) in [6, 6.07) is 9.07. The van der Waals surface area contributed by atoms with Crippen LogP contribution in [-0.4, -0.2) is 35.4 Å². The van der Waals surface area contributed by atoms with Crippen molar-refractivity contribution in [2.75, 3.05) is 13.2 Å². The van der Waals surface area contributed by atoms with Crippen molar-refractivity contribution >= 4 is 23.1 Å². The quantitative estimate of drug-likeness (QED) is 0.0655. The first kappa shape index (κ1) is 60.4. The minimum absolute atomic E-state index is 0.0511. The molecule has 0 spiro atoms. The summed E-state index contributed by atoms with van der Waals surface area (Å²) in [5.41, 5.74) is 10.8. The summed E-state index contributed by atoms with van der Waals surface area (Å²) in [6.45, 7) is 40.7. The predicted octanol–water partition coefficient (Wildman–Crippen LogP) is 17.6. The Hall–Kier alpha value is -4.58. The van der Waals surface area contributed by atoms with Crippen molar-refractivity contribution in [2.45, 2.75) is 217 Å². The van der Waals surface area contributed by atoms with E-state index in [0.29, 0.717) is 11.1 Å². The lowest BCUT2D eigenvalue weighted by Crippen LogP contribution is -2.20. The van der Waals surface area contributed by atoms with Gasteiger partial charge in [0.25, 0.3) is 0 Å². The molecule has 0 amide bonds. The van der Waals surface area contributed by atoms with Crippen molar-refractivity contribution in [3.8, 4) is 11.5 Å². The van der Waals surface area contributed by atoms with Gasteiger partial charge in [0.1, 0.15) is 11.5 Å². The average molecular weight is 923 g/mol. The molecule has 0 fully saturated rings. The maximum atomic E-state index is 10.8. The molecule has 6 heteroatoms. The summed E-state index contributed by atoms with van der Waals surface area (Å²) >= 11 is 0. The summed E-state index contributed by atoms with van der Waals surface area (Å²) in [7, 11) is 0. The van der Waals surface area contributed by atoms with Gasteiger partial charge in [-0.15, -0.1) is 0 Å². The Morgan fingerprint density at radius 1 is 0.463 bits per heavy atom. The molecule has 0 aliphatic carbocycles. The Kier molecular flexibility index (Phi) is 25.9. The number of carboxylic acids is 2. The number of benzene rings is 2. The van der Waals surface area contributed by atoms with E-state index in [-0.39, 0.29) is 21.7 Å². The number of carboxylic acid groups (broad SMARTS) is 2. The van der Waals surface area contributed by atoms with Gasteiger partial charge in [-0.05, 0) is 120 Å². The van der Waals surface area contributed by atoms with Crippen LogP contribution in [0.3, 0.4) is 0 Å². The van der Waals surface area contributed by atoms with Gasteiger partial charge in [0, 0.05) is 34.4 Å². The number of hydrogen-bond acceptors (Lipinski definition) is 4. The van der Waals surface area contributed by atoms with Gasteiger partial charge < -0.3 is 19.7 Å². The summed E-state index contributed by atoms with van der Waals surface area (Å²) in [6.07, 6.45) is 27.6. The number of hydrogen-bond donors (Lipinski definition) is 2. The van der Waals surface area contributed by atoms with Gasteiger partial charge in [-0.3, -0.25) is 0 Å². The highest BCUT2D eigenvalue weighted by atomic mass is 16.5. The molecule has 0 unspecified atom stereocenters. The highest BCUT2D eigenvalue weighted by Gasteiger charge is 2.30. The number of ether oxygens (including phenoxy) is 2. The molecule has 6 nitrogen and oxygen atoms in total. The highest BCUT2D eigenvalue weighted by molar-refractivity contribution is 5.81. The zero-order chi connectivity index (χ0) is 51.2. The van der Waals surface area contributed by atoms with Crippen LogP contribution in [0.4, 0.5) is 0 Å². The van der Waals surface area contributed by atoms with Crippen LogP contribution in [0.2, 0.25) is 0 Å². The molecule has 67 heavy (non-hydrogen) atoms. The number of carbonyl (C=O) groups is 2. The lowest BCUT2D eigenvalue weighted by atomic mass is 9.77. The van der Waals surface area contributed by atoms with Crippen molar-refractivity contribution in [1.82, 2.24) is 0 Å². The Balaban J connectivity index is 0.000000670. The SMILES string of the molecule is CCCCCCCCOc1c(C(C)(C)C)cc(/C(C)=C/C=C/C(C)=C/C(=O)O)cc1C(C)(C)C.CCCCCCCOc1c(C(C)(C)C)cc(/C(C)=C/C=C/C(C)=C/C(=O)O)cc1C(C)(C)C. The van der Waals surface area contributed by atoms with E-state index in [0.717, 1.165) is 48.7 Å². The van der Waals surface area contributed by atoms with Crippen LogP contribution in [0, 0.1) is 0 Å². The highest BCUT2D eigenvalue weighted by Crippen LogP contribution is 2.43. The summed E-state index contributed by atoms with van der Waals surface area (Å²) in [4.78, 5) is 21.7. The smallest absolute Gasteiger partial charge is 0.328 e. The Bertz CT molecular complexity index is 1980. The predicted molar refractivity (Wildman–Crippen MR) is 289 cm³/mol. The topological polar surface area (TPSA) is 93.1 Å². The van der Waals surface area contributed by atoms with Crippen molar-refractivity contribution in [2.24, 2.45) is 0 Å². The van der Waals surface area contributed by atoms with Crippen LogP contribution >= 0.6 is 0 Å². The first-order valence-electron chi connectivity index (χ1n) is 25.2. The maximum absolute atomic E-state index is 10.8. The average Bonchev–Trinajstić information content (AvgIpc) is 3.19. The molecule has 0 radical (unpaired) electrons. The van der Waals surface area contributed by atoms with E-state index in [1.807, 2.05) is 36.5 Å². The third-order valence-electron chi connectivity index (χ3n) is 11.7. The monoisotopic (exact) mass is 923 g/mol. The summed E-state index contributed by atoms with van der Waals surface area (Å²) in [5.74, 6) is 0.228. The number of aliphatic carboxylic acids is 2. The second-order valence-electron chi connectivity index (χ2n) is 22.6. The molecule has 0 aliphatic heterocycles. The molecule has 0 saturated carbocycles. The molecule has 2 aromatic carbocycles. The zero-order valence-electron chi connectivity index (χ0n) is 45.6. The van der Waals surface area contributed by atoms with Crippen LogP contribution in [0.1, 0.15) is 229 Å². The van der Waals surface area contributed by atoms with Gasteiger partial charge >= 0.3 is 11.9 Å². The Labute approximate surface area is 409 Å². The third-order valence-corrected chi connectivity index (χ3v) is 11.7. The van der Waals surface area contributed by atoms with Gasteiger partial charge in [-0.2, -0.15) is 0 Å². The molecule has 2 rings (SSSR count). The number of allylic oxidation sites excluding steroid dienone is 10. The molecule has 374 valence electrons. The van der Waals surface area contributed by atoms with Crippen molar-refractivity contribution < 1.29 is 29.3 Å². The first-order chi connectivity index (χ1) is 31.0. The maximum Gasteiger partial charge on any atom is 0.328 e. The largest absolute Gasteiger partial charge is 0.493 e. The fraction of sp³-hybridized carbons (Fsp3) is 0.574. The number of unbranched alkanes of at least 4 members (excludes halogenated alkanes) is 9. The van der Waals surface area contributed by atoms with Gasteiger partial charge in [0.05, 0.1) is 13.2 Å². The van der Waals surface area contributed by atoms with Crippen molar-refractivity contribution in [3.05, 3.63) is 117 Å². The van der Waals surface area contributed by atoms with Crippen LogP contribution in [0.25, 0.3) is 11.1 Å². The lowest BCUT2D eigenvalue weighted by Gasteiger charge is -2.31. The van der Waals surface area contributed by atoms with E-state index in [2.05, 4.69) is 135 Å². The lowest BCUT2D eigenvalue weighted by molar-refractivity contribution is -0.132. The molecule has 0 atom stereocenters. The zero-order valence-corrected chi connectivity index (χ0v) is 45.6. The van der Waals surface area contributed by atoms with Crippen LogP contribution < -0.4 is 9.47 Å². The van der Waals surface area contributed by atoms with Crippen LogP contribution in [0.15, 0.2) is 84.0 Å². The minimum atomic E-state index is -0.927. The third kappa shape index (κ3) is 23.3. The molecule has 0 bridgehead atoms. The molecular formula is C61H94O6. The second-order valence-corrected chi connectivity index (χ2v) is 22.6. The van der Waals surface area contributed by atoms with Gasteiger partial charge in [-0.1, -0.05) is 191 Å². The molecular weight excluding hydrogens is 829 g/mol. The molecule has 2 N–H and O–H groups in total.